The third-order valence-electron chi connectivity index (χ3n) is 4.08. The maximum absolute atomic E-state index is 12.3. The molecule has 0 radical (unpaired) electrons. The van der Waals surface area contributed by atoms with Gasteiger partial charge in [0, 0.05) is 30.4 Å². The summed E-state index contributed by atoms with van der Waals surface area (Å²) in [5.74, 6) is 1.11. The molecule has 3 rings (SSSR count). The number of halogens is 1. The number of rotatable bonds is 6. The summed E-state index contributed by atoms with van der Waals surface area (Å²) in [5.41, 5.74) is 2.48. The van der Waals surface area contributed by atoms with E-state index in [1.54, 1.807) is 36.5 Å². The number of aryl methyl sites for hydroxylation is 1. The van der Waals surface area contributed by atoms with Crippen LogP contribution in [0.4, 0.5) is 5.69 Å². The molecule has 8 heteroatoms. The molecule has 0 fully saturated rings. The number of oxazole rings is 1. The normalized spacial score (nSPS) is 11.7. The molecule has 0 unspecified atom stereocenters. The van der Waals surface area contributed by atoms with Crippen LogP contribution >= 0.6 is 11.6 Å². The van der Waals surface area contributed by atoms with Crippen LogP contribution in [0.2, 0.25) is 5.02 Å². The van der Waals surface area contributed by atoms with Gasteiger partial charge in [-0.05, 0) is 36.8 Å². The van der Waals surface area contributed by atoms with Gasteiger partial charge in [-0.3, -0.25) is 0 Å². The first kappa shape index (κ1) is 19.4. The Morgan fingerprint density at radius 2 is 1.96 bits per heavy atom. The minimum atomic E-state index is -3.49. The van der Waals surface area contributed by atoms with Crippen molar-refractivity contribution in [3.8, 4) is 11.3 Å². The van der Waals surface area contributed by atoms with Gasteiger partial charge in [0.05, 0.1) is 17.6 Å². The van der Waals surface area contributed by atoms with Crippen LogP contribution in [0, 0.1) is 6.92 Å². The fraction of sp³-hybridized carbons (Fsp3) is 0.211. The highest BCUT2D eigenvalue weighted by atomic mass is 35.5. The molecule has 1 heterocycles. The van der Waals surface area contributed by atoms with Crippen molar-refractivity contribution in [3.63, 3.8) is 0 Å². The lowest BCUT2D eigenvalue weighted by atomic mass is 10.2. The molecule has 0 bridgehead atoms. The molecule has 0 saturated heterocycles. The Balaban J connectivity index is 1.78. The number of nitrogens with zero attached hydrogens (tertiary/aromatic N) is 2. The largest absolute Gasteiger partial charge is 0.439 e. The van der Waals surface area contributed by atoms with Crippen molar-refractivity contribution < 1.29 is 12.8 Å². The molecule has 0 aliphatic heterocycles. The molecule has 0 amide bonds. The summed E-state index contributed by atoms with van der Waals surface area (Å²) in [6.07, 6.45) is 1.64. The summed E-state index contributed by atoms with van der Waals surface area (Å²) in [4.78, 5) is 4.50. The monoisotopic (exact) mass is 405 g/mol. The van der Waals surface area contributed by atoms with Gasteiger partial charge in [0.1, 0.15) is 0 Å². The van der Waals surface area contributed by atoms with E-state index < -0.39 is 10.0 Å². The van der Waals surface area contributed by atoms with Crippen molar-refractivity contribution in [2.45, 2.75) is 18.4 Å². The number of anilines is 1. The molecule has 0 aliphatic carbocycles. The molecule has 27 heavy (non-hydrogen) atoms. The molecular weight excluding hydrogens is 386 g/mol. The van der Waals surface area contributed by atoms with Gasteiger partial charge >= 0.3 is 0 Å². The maximum Gasteiger partial charge on any atom is 0.242 e. The zero-order valence-electron chi connectivity index (χ0n) is 15.2. The lowest BCUT2D eigenvalue weighted by molar-refractivity contribution is 0.516. The van der Waals surface area contributed by atoms with Gasteiger partial charge in [-0.15, -0.1) is 0 Å². The van der Waals surface area contributed by atoms with Crippen molar-refractivity contribution in [2.24, 2.45) is 0 Å². The van der Waals surface area contributed by atoms with E-state index in [0.717, 1.165) is 11.1 Å². The zero-order valence-corrected chi connectivity index (χ0v) is 16.8. The number of nitrogens with one attached hydrogen (secondary N) is 1. The third kappa shape index (κ3) is 4.32. The molecule has 6 nitrogen and oxygen atoms in total. The minimum Gasteiger partial charge on any atom is -0.439 e. The topological polar surface area (TPSA) is 75.4 Å². The second kappa shape index (κ2) is 7.72. The Morgan fingerprint density at radius 3 is 2.67 bits per heavy atom. The Hall–Kier alpha value is -2.35. The predicted molar refractivity (Wildman–Crippen MR) is 106 cm³/mol. The number of hydrogen-bond acceptors (Lipinski definition) is 5. The summed E-state index contributed by atoms with van der Waals surface area (Å²) in [6, 6.07) is 12.3. The van der Waals surface area contributed by atoms with Gasteiger partial charge in [-0.25, -0.2) is 17.7 Å². The molecule has 1 aromatic heterocycles. The molecule has 1 N–H and O–H groups in total. The van der Waals surface area contributed by atoms with Crippen molar-refractivity contribution in [1.82, 2.24) is 9.29 Å². The quantitative estimate of drug-likeness (QED) is 0.666. The maximum atomic E-state index is 12.3. The van der Waals surface area contributed by atoms with Crippen molar-refractivity contribution in [3.05, 3.63) is 65.1 Å². The smallest absolute Gasteiger partial charge is 0.242 e. The van der Waals surface area contributed by atoms with Gasteiger partial charge in [0.15, 0.2) is 5.76 Å². The van der Waals surface area contributed by atoms with E-state index in [1.807, 2.05) is 19.1 Å². The fourth-order valence-electron chi connectivity index (χ4n) is 2.50. The Kier molecular flexibility index (Phi) is 5.55. The average molecular weight is 406 g/mol. The molecule has 0 atom stereocenters. The number of aromatic nitrogens is 1. The van der Waals surface area contributed by atoms with E-state index >= 15 is 0 Å². The van der Waals surface area contributed by atoms with Gasteiger partial charge in [-0.1, -0.05) is 29.8 Å². The van der Waals surface area contributed by atoms with Crippen LogP contribution in [0.1, 0.15) is 11.5 Å². The van der Waals surface area contributed by atoms with E-state index in [2.05, 4.69) is 10.3 Å². The van der Waals surface area contributed by atoms with Crippen LogP contribution in [-0.4, -0.2) is 31.8 Å². The van der Waals surface area contributed by atoms with Gasteiger partial charge in [0.2, 0.25) is 15.9 Å². The van der Waals surface area contributed by atoms with Crippen LogP contribution in [0.3, 0.4) is 0 Å². The van der Waals surface area contributed by atoms with Crippen LogP contribution in [0.15, 0.2) is 58.0 Å². The van der Waals surface area contributed by atoms with Crippen LogP contribution in [0.5, 0.6) is 0 Å². The van der Waals surface area contributed by atoms with Crippen LogP contribution in [0.25, 0.3) is 11.3 Å². The van der Waals surface area contributed by atoms with Crippen molar-refractivity contribution in [2.75, 3.05) is 19.4 Å². The summed E-state index contributed by atoms with van der Waals surface area (Å²) in [5, 5.41) is 3.81. The summed E-state index contributed by atoms with van der Waals surface area (Å²) in [6.45, 7) is 2.23. The predicted octanol–water partition coefficient (Wildman–Crippen LogP) is 4.17. The molecule has 0 saturated carbocycles. The number of sulfonamides is 1. The lowest BCUT2D eigenvalue weighted by Crippen LogP contribution is -2.22. The molecule has 142 valence electrons. The first-order valence-electron chi connectivity index (χ1n) is 8.25. The second-order valence-electron chi connectivity index (χ2n) is 6.25. The number of hydrogen-bond donors (Lipinski definition) is 1. The molecule has 0 spiro atoms. The summed E-state index contributed by atoms with van der Waals surface area (Å²) >= 11 is 6.01. The first-order valence-corrected chi connectivity index (χ1v) is 10.1. The number of benzene rings is 2. The van der Waals surface area contributed by atoms with Gasteiger partial charge in [0.25, 0.3) is 0 Å². The Morgan fingerprint density at radius 1 is 1.19 bits per heavy atom. The molecule has 3 aromatic rings. The first-order chi connectivity index (χ1) is 12.8. The highest BCUT2D eigenvalue weighted by molar-refractivity contribution is 7.89. The Bertz CT molecular complexity index is 1060. The van der Waals surface area contributed by atoms with Crippen molar-refractivity contribution >= 4 is 27.3 Å². The van der Waals surface area contributed by atoms with E-state index in [4.69, 9.17) is 16.0 Å². The van der Waals surface area contributed by atoms with E-state index in [-0.39, 0.29) is 4.90 Å². The summed E-state index contributed by atoms with van der Waals surface area (Å²) < 4.78 is 31.6. The van der Waals surface area contributed by atoms with Gasteiger partial charge in [-0.2, -0.15) is 0 Å². The standard InChI is InChI=1S/C19H20ClN3O3S/c1-13-7-8-16(27(24,25)23(2)3)10-17(13)21-12-19-22-11-18(26-19)14-5-4-6-15(20)9-14/h4-11,21H,12H2,1-3H3. The van der Waals surface area contributed by atoms with Crippen LogP contribution in [-0.2, 0) is 16.6 Å². The summed E-state index contributed by atoms with van der Waals surface area (Å²) in [7, 11) is -0.481. The zero-order chi connectivity index (χ0) is 19.6. The van der Waals surface area contributed by atoms with Gasteiger partial charge < -0.3 is 9.73 Å². The molecular formula is C19H20ClN3O3S. The van der Waals surface area contributed by atoms with E-state index in [0.29, 0.717) is 28.9 Å². The van der Waals surface area contributed by atoms with E-state index in [1.165, 1.54) is 18.4 Å². The minimum absolute atomic E-state index is 0.229. The van der Waals surface area contributed by atoms with E-state index in [9.17, 15) is 8.42 Å². The Labute approximate surface area is 163 Å². The lowest BCUT2D eigenvalue weighted by Gasteiger charge is -2.14. The third-order valence-corrected chi connectivity index (χ3v) is 6.13. The van der Waals surface area contributed by atoms with Crippen molar-refractivity contribution in [1.29, 1.82) is 0 Å². The highest BCUT2D eigenvalue weighted by Gasteiger charge is 2.18. The fourth-order valence-corrected chi connectivity index (χ4v) is 3.62. The average Bonchev–Trinajstić information content (AvgIpc) is 3.10. The van der Waals surface area contributed by atoms with Crippen LogP contribution < -0.4 is 5.32 Å². The second-order valence-corrected chi connectivity index (χ2v) is 8.83. The molecule has 0 aliphatic rings. The molecule has 2 aromatic carbocycles. The SMILES string of the molecule is Cc1ccc(S(=O)(=O)N(C)C)cc1NCc1ncc(-c2cccc(Cl)c2)o1. The highest BCUT2D eigenvalue weighted by Crippen LogP contribution is 2.25.